The van der Waals surface area contributed by atoms with E-state index < -0.39 is 0 Å². The van der Waals surface area contributed by atoms with Crippen LogP contribution in [0.5, 0.6) is 0 Å². The molecular weight excluding hydrogens is 236 g/mol. The van der Waals surface area contributed by atoms with E-state index in [0.29, 0.717) is 12.1 Å². The Morgan fingerprint density at radius 2 is 2.16 bits per heavy atom. The second-order valence-electron chi connectivity index (χ2n) is 4.45. The summed E-state index contributed by atoms with van der Waals surface area (Å²) >= 11 is 0. The number of amides is 1. The van der Waals surface area contributed by atoms with E-state index in [4.69, 9.17) is 5.73 Å². The summed E-state index contributed by atoms with van der Waals surface area (Å²) in [5.74, 6) is 5.78. The van der Waals surface area contributed by atoms with E-state index in [1.54, 1.807) is 0 Å². The quantitative estimate of drug-likeness (QED) is 0.628. The molecule has 0 saturated heterocycles. The summed E-state index contributed by atoms with van der Waals surface area (Å²) in [6.45, 7) is 5.12. The third kappa shape index (κ3) is 4.76. The number of rotatable bonds is 5. The second-order valence-corrected chi connectivity index (χ2v) is 4.45. The molecule has 19 heavy (non-hydrogen) atoms. The number of carbonyl (C=O) groups is 1. The van der Waals surface area contributed by atoms with Gasteiger partial charge in [0.15, 0.2) is 0 Å². The SMILES string of the molecule is CCCCCNC(=O)c1cccc(C#CCN)c1C. The highest BCUT2D eigenvalue weighted by molar-refractivity contribution is 5.96. The van der Waals surface area contributed by atoms with Crippen molar-refractivity contribution in [3.8, 4) is 11.8 Å². The fourth-order valence-electron chi connectivity index (χ4n) is 1.84. The van der Waals surface area contributed by atoms with Gasteiger partial charge in [0.1, 0.15) is 0 Å². The molecule has 0 atom stereocenters. The molecular formula is C16H22N2O. The summed E-state index contributed by atoms with van der Waals surface area (Å²) in [5, 5.41) is 2.95. The molecule has 0 aliphatic heterocycles. The molecule has 3 N–H and O–H groups in total. The first-order valence-corrected chi connectivity index (χ1v) is 6.77. The number of unbranched alkanes of at least 4 members (excludes halogenated alkanes) is 2. The van der Waals surface area contributed by atoms with Crippen molar-refractivity contribution < 1.29 is 4.79 Å². The summed E-state index contributed by atoms with van der Waals surface area (Å²) in [7, 11) is 0. The lowest BCUT2D eigenvalue weighted by Crippen LogP contribution is -2.25. The maximum absolute atomic E-state index is 12.1. The average molecular weight is 258 g/mol. The lowest BCUT2D eigenvalue weighted by atomic mass is 10.0. The van der Waals surface area contributed by atoms with Gasteiger partial charge in [-0.05, 0) is 31.0 Å². The van der Waals surface area contributed by atoms with Gasteiger partial charge >= 0.3 is 0 Å². The van der Waals surface area contributed by atoms with Crippen LogP contribution in [0.25, 0.3) is 0 Å². The lowest BCUT2D eigenvalue weighted by molar-refractivity contribution is 0.0952. The number of nitrogens with one attached hydrogen (secondary N) is 1. The minimum Gasteiger partial charge on any atom is -0.352 e. The normalized spacial score (nSPS) is 9.63. The van der Waals surface area contributed by atoms with E-state index in [1.807, 2.05) is 25.1 Å². The largest absolute Gasteiger partial charge is 0.352 e. The molecule has 1 amide bonds. The summed E-state index contributed by atoms with van der Waals surface area (Å²) < 4.78 is 0. The summed E-state index contributed by atoms with van der Waals surface area (Å²) in [5.41, 5.74) is 7.84. The number of hydrogen-bond donors (Lipinski definition) is 2. The van der Waals surface area contributed by atoms with Crippen molar-refractivity contribution >= 4 is 5.91 Å². The molecule has 1 aromatic carbocycles. The molecule has 0 saturated carbocycles. The highest BCUT2D eigenvalue weighted by Crippen LogP contribution is 2.12. The summed E-state index contributed by atoms with van der Waals surface area (Å²) in [6.07, 6.45) is 3.31. The van der Waals surface area contributed by atoms with Gasteiger partial charge in [-0.15, -0.1) is 0 Å². The van der Waals surface area contributed by atoms with Crippen LogP contribution in [0, 0.1) is 18.8 Å². The van der Waals surface area contributed by atoms with Crippen LogP contribution in [0.4, 0.5) is 0 Å². The van der Waals surface area contributed by atoms with Gasteiger partial charge in [-0.25, -0.2) is 0 Å². The van der Waals surface area contributed by atoms with Crippen LogP contribution in [-0.4, -0.2) is 19.0 Å². The van der Waals surface area contributed by atoms with Gasteiger partial charge in [-0.2, -0.15) is 0 Å². The van der Waals surface area contributed by atoms with Crippen molar-refractivity contribution in [1.29, 1.82) is 0 Å². The number of nitrogens with two attached hydrogens (primary N) is 1. The van der Waals surface area contributed by atoms with Crippen LogP contribution in [0.2, 0.25) is 0 Å². The van der Waals surface area contributed by atoms with Crippen molar-refractivity contribution in [3.63, 3.8) is 0 Å². The van der Waals surface area contributed by atoms with Crippen molar-refractivity contribution in [1.82, 2.24) is 5.32 Å². The van der Waals surface area contributed by atoms with Gasteiger partial charge in [0.25, 0.3) is 5.91 Å². The minimum absolute atomic E-state index is 0.0231. The van der Waals surface area contributed by atoms with Crippen molar-refractivity contribution in [2.75, 3.05) is 13.1 Å². The molecule has 3 nitrogen and oxygen atoms in total. The first-order chi connectivity index (χ1) is 9.20. The number of carbonyl (C=O) groups excluding carboxylic acids is 1. The smallest absolute Gasteiger partial charge is 0.251 e. The molecule has 0 heterocycles. The lowest BCUT2D eigenvalue weighted by Gasteiger charge is -2.08. The standard InChI is InChI=1S/C16H22N2O/c1-3-4-5-12-18-16(19)15-10-6-8-14(13(15)2)9-7-11-17/h6,8,10H,3-5,11-12,17H2,1-2H3,(H,18,19). The van der Waals surface area contributed by atoms with Crippen molar-refractivity contribution in [2.24, 2.45) is 5.73 Å². The summed E-state index contributed by atoms with van der Waals surface area (Å²) in [4.78, 5) is 12.1. The molecule has 0 aliphatic rings. The minimum atomic E-state index is -0.0231. The number of hydrogen-bond acceptors (Lipinski definition) is 2. The van der Waals surface area contributed by atoms with E-state index in [1.165, 1.54) is 0 Å². The van der Waals surface area contributed by atoms with Crippen LogP contribution in [0.1, 0.15) is 47.7 Å². The Kier molecular flexibility index (Phi) is 6.70. The van der Waals surface area contributed by atoms with Gasteiger partial charge in [0.2, 0.25) is 0 Å². The first-order valence-electron chi connectivity index (χ1n) is 6.77. The third-order valence-electron chi connectivity index (χ3n) is 2.97. The molecule has 1 rings (SSSR count). The van der Waals surface area contributed by atoms with E-state index in [9.17, 15) is 4.79 Å². The number of benzene rings is 1. The molecule has 0 radical (unpaired) electrons. The monoisotopic (exact) mass is 258 g/mol. The van der Waals surface area contributed by atoms with Gasteiger partial charge in [0, 0.05) is 17.7 Å². The zero-order valence-corrected chi connectivity index (χ0v) is 11.8. The maximum Gasteiger partial charge on any atom is 0.251 e. The van der Waals surface area contributed by atoms with Crippen LogP contribution < -0.4 is 11.1 Å². The first kappa shape index (κ1) is 15.3. The van der Waals surface area contributed by atoms with Gasteiger partial charge in [-0.3, -0.25) is 4.79 Å². The Balaban J connectivity index is 2.74. The molecule has 3 heteroatoms. The zero-order chi connectivity index (χ0) is 14.1. The highest BCUT2D eigenvalue weighted by Gasteiger charge is 2.09. The topological polar surface area (TPSA) is 55.1 Å². The Bertz CT molecular complexity index is 483. The molecule has 1 aromatic rings. The molecule has 0 unspecified atom stereocenters. The van der Waals surface area contributed by atoms with E-state index in [-0.39, 0.29) is 5.91 Å². The fraction of sp³-hybridized carbons (Fsp3) is 0.438. The Morgan fingerprint density at radius 3 is 2.84 bits per heavy atom. The van der Waals surface area contributed by atoms with Crippen LogP contribution in [0.15, 0.2) is 18.2 Å². The van der Waals surface area contributed by atoms with Gasteiger partial charge < -0.3 is 11.1 Å². The molecule has 0 aliphatic carbocycles. The van der Waals surface area contributed by atoms with Crippen LogP contribution in [-0.2, 0) is 0 Å². The Hall–Kier alpha value is -1.79. The van der Waals surface area contributed by atoms with E-state index in [0.717, 1.165) is 36.9 Å². The summed E-state index contributed by atoms with van der Waals surface area (Å²) in [6, 6.07) is 5.60. The van der Waals surface area contributed by atoms with Gasteiger partial charge in [0.05, 0.1) is 6.54 Å². The molecule has 0 bridgehead atoms. The van der Waals surface area contributed by atoms with Crippen LogP contribution in [0.3, 0.4) is 0 Å². The van der Waals surface area contributed by atoms with Crippen LogP contribution >= 0.6 is 0 Å². The molecule has 0 spiro atoms. The molecule has 102 valence electrons. The molecule has 0 fully saturated rings. The Labute approximate surface area is 115 Å². The second kappa shape index (κ2) is 8.34. The van der Waals surface area contributed by atoms with E-state index in [2.05, 4.69) is 24.1 Å². The average Bonchev–Trinajstić information content (AvgIpc) is 2.42. The Morgan fingerprint density at radius 1 is 1.37 bits per heavy atom. The van der Waals surface area contributed by atoms with E-state index >= 15 is 0 Å². The fourth-order valence-corrected chi connectivity index (χ4v) is 1.84. The van der Waals surface area contributed by atoms with Crippen molar-refractivity contribution in [3.05, 3.63) is 34.9 Å². The van der Waals surface area contributed by atoms with Crippen molar-refractivity contribution in [2.45, 2.75) is 33.1 Å². The third-order valence-corrected chi connectivity index (χ3v) is 2.97. The predicted octanol–water partition coefficient (Wildman–Crippen LogP) is 2.23. The molecule has 0 aromatic heterocycles. The van der Waals surface area contributed by atoms with Gasteiger partial charge in [-0.1, -0.05) is 37.7 Å². The highest BCUT2D eigenvalue weighted by atomic mass is 16.1. The zero-order valence-electron chi connectivity index (χ0n) is 11.8. The predicted molar refractivity (Wildman–Crippen MR) is 79.0 cm³/mol. The maximum atomic E-state index is 12.1.